The van der Waals surface area contributed by atoms with Crippen LogP contribution < -0.4 is 31.2 Å². The van der Waals surface area contributed by atoms with Gasteiger partial charge in [0, 0.05) is 93.4 Å². The minimum Gasteiger partial charge on any atom is -0.496 e. The van der Waals surface area contributed by atoms with Crippen molar-refractivity contribution in [3.8, 4) is 17.6 Å². The zero-order chi connectivity index (χ0) is 57.1. The smallest absolute Gasteiger partial charge is 0.256 e. The van der Waals surface area contributed by atoms with Crippen molar-refractivity contribution in [3.05, 3.63) is 185 Å². The van der Waals surface area contributed by atoms with E-state index in [-0.39, 0.29) is 54.0 Å². The molecule has 4 N–H and O–H groups in total. The van der Waals surface area contributed by atoms with Gasteiger partial charge in [0.1, 0.15) is 11.5 Å². The van der Waals surface area contributed by atoms with Crippen molar-refractivity contribution in [3.63, 3.8) is 0 Å². The number of benzene rings is 2. The van der Waals surface area contributed by atoms with Crippen LogP contribution in [0.4, 0.5) is 0 Å². The molecule has 2 aromatic carbocycles. The molecule has 2 amide bonds. The first-order valence-electron chi connectivity index (χ1n) is 28.2. The van der Waals surface area contributed by atoms with Crippen LogP contribution in [-0.2, 0) is 32.6 Å². The third-order valence-corrected chi connectivity index (χ3v) is 17.1. The molecule has 0 aliphatic carbocycles. The van der Waals surface area contributed by atoms with Crippen molar-refractivity contribution >= 4 is 33.6 Å². The fourth-order valence-electron chi connectivity index (χ4n) is 12.9. The molecule has 0 spiro atoms. The van der Waals surface area contributed by atoms with E-state index < -0.39 is 0 Å². The maximum absolute atomic E-state index is 15.0. The summed E-state index contributed by atoms with van der Waals surface area (Å²) >= 11 is 0. The monoisotopic (exact) mass is 1090 g/mol. The summed E-state index contributed by atoms with van der Waals surface area (Å²) in [6, 6.07) is 28.3. The van der Waals surface area contributed by atoms with Crippen molar-refractivity contribution < 1.29 is 19.1 Å². The number of carbonyl (C=O) groups excluding carboxylic acids is 2. The topological polar surface area (TPSA) is 208 Å². The fourth-order valence-corrected chi connectivity index (χ4v) is 12.9. The number of aryl methyl sites for hydroxylation is 3. The van der Waals surface area contributed by atoms with Crippen LogP contribution >= 0.6 is 0 Å². The van der Waals surface area contributed by atoms with Crippen molar-refractivity contribution in [2.45, 2.75) is 112 Å². The Bertz CT molecular complexity index is 3810. The van der Waals surface area contributed by atoms with E-state index in [0.29, 0.717) is 69.6 Å². The van der Waals surface area contributed by atoms with Gasteiger partial charge in [0.15, 0.2) is 0 Å². The van der Waals surface area contributed by atoms with Crippen molar-refractivity contribution in [1.82, 2.24) is 49.5 Å². The number of ether oxygens (including phenoxy) is 2. The second-order valence-electron chi connectivity index (χ2n) is 22.2. The highest BCUT2D eigenvalue weighted by atomic mass is 16.5. The van der Waals surface area contributed by atoms with Gasteiger partial charge in [0.25, 0.3) is 22.9 Å². The molecule has 17 nitrogen and oxygen atoms in total. The Morgan fingerprint density at radius 1 is 0.704 bits per heavy atom. The van der Waals surface area contributed by atoms with Crippen LogP contribution in [-0.4, -0.2) is 91.1 Å². The molecular weight excluding hydrogens is 1020 g/mol. The number of piperidine rings is 2. The van der Waals surface area contributed by atoms with Crippen LogP contribution in [0.5, 0.6) is 11.5 Å². The minimum atomic E-state index is -0.322. The van der Waals surface area contributed by atoms with Gasteiger partial charge in [0.2, 0.25) is 0 Å². The Labute approximate surface area is 472 Å². The van der Waals surface area contributed by atoms with Crippen molar-refractivity contribution in [2.75, 3.05) is 40.4 Å². The standard InChI is InChI=1S/C64H73N11O6/c1-38-12-11-13-49(69-38)37-73-24-19-45(20-25-73)41(4)74-42(5)60(64(79)68-35-53-58(81-8)29-40(3)71-62(53)77)51-30-44(16-17-55(51)74)31-56(46-21-26-72(27-22-46)36-48-33-66-23-18-47(48)32-65)75-43(6)59(50-14-9-10-15-54(50)75)63(78)67-34-52-57(80-7)28-39(2)70-61(52)76/h9-18,23,28-30,33,41,45-46,56H,19-22,24-27,31,34-37H2,1-8H3,(H,67,78)(H,68,79)(H,70,76)(H,71,77). The van der Waals surface area contributed by atoms with E-state index in [9.17, 15) is 24.4 Å². The summed E-state index contributed by atoms with van der Waals surface area (Å²) in [5.41, 5.74) is 10.6. The first kappa shape index (κ1) is 56.0. The lowest BCUT2D eigenvalue weighted by molar-refractivity contribution is 0.0942. The number of hydrogen-bond donors (Lipinski definition) is 4. The number of aromatic nitrogens is 6. The van der Waals surface area contributed by atoms with Gasteiger partial charge in [-0.3, -0.25) is 38.9 Å². The number of nitrogens with one attached hydrogen (secondary N) is 4. The second-order valence-corrected chi connectivity index (χ2v) is 22.2. The molecule has 81 heavy (non-hydrogen) atoms. The van der Waals surface area contributed by atoms with E-state index in [1.54, 1.807) is 44.4 Å². The van der Waals surface area contributed by atoms with Crippen LogP contribution in [0.3, 0.4) is 0 Å². The molecule has 0 saturated carbocycles. The average molecular weight is 1090 g/mol. The Morgan fingerprint density at radius 2 is 1.28 bits per heavy atom. The van der Waals surface area contributed by atoms with Gasteiger partial charge >= 0.3 is 0 Å². The van der Waals surface area contributed by atoms with Gasteiger partial charge in [-0.25, -0.2) is 0 Å². The molecule has 2 atom stereocenters. The molecule has 2 unspecified atom stereocenters. The molecule has 8 aromatic rings. The predicted octanol–water partition coefficient (Wildman–Crippen LogP) is 9.22. The van der Waals surface area contributed by atoms with Gasteiger partial charge < -0.3 is 39.2 Å². The highest BCUT2D eigenvalue weighted by Crippen LogP contribution is 2.41. The Morgan fingerprint density at radius 3 is 1.90 bits per heavy atom. The zero-order valence-corrected chi connectivity index (χ0v) is 47.7. The number of amides is 2. The lowest BCUT2D eigenvalue weighted by Gasteiger charge is -2.38. The van der Waals surface area contributed by atoms with Gasteiger partial charge in [-0.2, -0.15) is 5.26 Å². The number of nitrogens with zero attached hydrogens (tertiary/aromatic N) is 7. The number of hydrogen-bond acceptors (Lipinski definition) is 11. The number of para-hydroxylation sites is 1. The quantitative estimate of drug-likeness (QED) is 0.0637. The summed E-state index contributed by atoms with van der Waals surface area (Å²) in [4.78, 5) is 75.8. The summed E-state index contributed by atoms with van der Waals surface area (Å²) in [5.74, 6) is 0.738. The molecule has 8 heterocycles. The maximum atomic E-state index is 15.0. The molecule has 2 aliphatic rings. The average Bonchev–Trinajstić information content (AvgIpc) is 4.03. The number of carbonyl (C=O) groups is 2. The van der Waals surface area contributed by atoms with Crippen LogP contribution in [0, 0.1) is 57.8 Å². The molecule has 2 fully saturated rings. The van der Waals surface area contributed by atoms with E-state index >= 15 is 0 Å². The SMILES string of the molecule is COc1cc(C)[nH]c(=O)c1CNC(=O)c1c(C)n(C(C)C2CCN(Cc3cccc(C)n3)CC2)c2ccc(CC(C3CCN(Cc4cnccc4C#N)CC3)n3c(C)c(C(=O)NCc4c(OC)cc(C)[nH]c4=O)c4ccccc43)cc12. The molecule has 6 aromatic heterocycles. The molecule has 0 bridgehead atoms. The van der Waals surface area contributed by atoms with Gasteiger partial charge in [-0.05, 0) is 166 Å². The molecule has 0 radical (unpaired) electrons. The molecule has 17 heteroatoms. The van der Waals surface area contributed by atoms with Crippen LogP contribution in [0.1, 0.15) is 127 Å². The summed E-state index contributed by atoms with van der Waals surface area (Å²) < 4.78 is 15.9. The number of likely N-dealkylation sites (tertiary alicyclic amines) is 2. The number of pyridine rings is 4. The largest absolute Gasteiger partial charge is 0.496 e. The normalized spacial score (nSPS) is 15.4. The maximum Gasteiger partial charge on any atom is 0.256 e. The number of H-pyrrole nitrogens is 2. The van der Waals surface area contributed by atoms with Crippen LogP contribution in [0.15, 0.2) is 101 Å². The number of methoxy groups -OCH3 is 2. The molecular formula is C64H73N11O6. The van der Waals surface area contributed by atoms with Crippen LogP contribution in [0.25, 0.3) is 21.8 Å². The van der Waals surface area contributed by atoms with E-state index in [1.165, 1.54) is 14.2 Å². The number of fused-ring (bicyclic) bond motifs is 2. The highest BCUT2D eigenvalue weighted by molar-refractivity contribution is 6.09. The number of rotatable bonds is 18. The van der Waals surface area contributed by atoms with E-state index in [4.69, 9.17) is 14.5 Å². The molecule has 2 saturated heterocycles. The zero-order valence-electron chi connectivity index (χ0n) is 47.7. The molecule has 10 rings (SSSR count). The second kappa shape index (κ2) is 24.2. The highest BCUT2D eigenvalue weighted by Gasteiger charge is 2.34. The molecule has 420 valence electrons. The summed E-state index contributed by atoms with van der Waals surface area (Å²) in [5, 5.41) is 17.7. The summed E-state index contributed by atoms with van der Waals surface area (Å²) in [7, 11) is 3.04. The van der Waals surface area contributed by atoms with Gasteiger partial charge in [-0.15, -0.1) is 0 Å². The lowest BCUT2D eigenvalue weighted by Crippen LogP contribution is -2.37. The molecule has 2 aliphatic heterocycles. The van der Waals surface area contributed by atoms with Gasteiger partial charge in [0.05, 0.1) is 66.9 Å². The van der Waals surface area contributed by atoms with Gasteiger partial charge in [-0.1, -0.05) is 30.3 Å². The minimum absolute atomic E-state index is 0.0302. The van der Waals surface area contributed by atoms with E-state index in [1.807, 2.05) is 45.0 Å². The third-order valence-electron chi connectivity index (χ3n) is 17.1. The van der Waals surface area contributed by atoms with Crippen molar-refractivity contribution in [1.29, 1.82) is 5.26 Å². The first-order chi connectivity index (χ1) is 39.1. The predicted molar refractivity (Wildman–Crippen MR) is 314 cm³/mol. The number of aromatic amines is 2. The Balaban J connectivity index is 1.02. The Kier molecular flexibility index (Phi) is 16.7. The van der Waals surface area contributed by atoms with Crippen molar-refractivity contribution in [2.24, 2.45) is 11.8 Å². The fraction of sp³-hybridized carbons (Fsp3) is 0.391. The summed E-state index contributed by atoms with van der Waals surface area (Å²) in [6.45, 7) is 16.8. The number of nitriles is 1. The van der Waals surface area contributed by atoms with E-state index in [0.717, 1.165) is 114 Å². The van der Waals surface area contributed by atoms with E-state index in [2.05, 4.69) is 93.9 Å². The first-order valence-corrected chi connectivity index (χ1v) is 28.2. The lowest BCUT2D eigenvalue weighted by atomic mass is 9.85. The Hall–Kier alpha value is -8.33. The third kappa shape index (κ3) is 11.7. The summed E-state index contributed by atoms with van der Waals surface area (Å²) in [6.07, 6.45) is 7.71. The van der Waals surface area contributed by atoms with Crippen LogP contribution in [0.2, 0.25) is 0 Å².